The molecule has 0 aliphatic heterocycles. The van der Waals surface area contributed by atoms with E-state index in [9.17, 15) is 4.79 Å². The van der Waals surface area contributed by atoms with Crippen molar-refractivity contribution in [2.75, 3.05) is 6.26 Å². The highest BCUT2D eigenvalue weighted by Gasteiger charge is 2.11. The maximum absolute atomic E-state index is 10.6. The van der Waals surface area contributed by atoms with Crippen molar-refractivity contribution < 1.29 is 9.90 Å². The fourth-order valence-corrected chi connectivity index (χ4v) is 1.53. The number of aryl methyl sites for hydroxylation is 1. The van der Waals surface area contributed by atoms with Gasteiger partial charge >= 0.3 is 5.97 Å². The number of hydrogen-bond acceptors (Lipinski definition) is 4. The Morgan fingerprint density at radius 3 is 2.46 bits per heavy atom. The molecule has 0 saturated heterocycles. The van der Waals surface area contributed by atoms with Crippen LogP contribution in [-0.4, -0.2) is 27.3 Å². The first-order valence-corrected chi connectivity index (χ1v) is 4.91. The number of nitrogens with zero attached hydrogens (tertiary/aromatic N) is 2. The summed E-state index contributed by atoms with van der Waals surface area (Å²) in [5.41, 5.74) is 1.66. The number of carboxylic acids is 1. The summed E-state index contributed by atoms with van der Waals surface area (Å²) in [7, 11) is 0. The zero-order valence-corrected chi connectivity index (χ0v) is 8.47. The second-order valence-electron chi connectivity index (χ2n) is 2.57. The van der Waals surface area contributed by atoms with E-state index in [2.05, 4.69) is 9.97 Å². The molecule has 0 spiro atoms. The van der Waals surface area contributed by atoms with Crippen molar-refractivity contribution in [3.05, 3.63) is 17.1 Å². The number of hydrogen-bond donors (Lipinski definition) is 1. The number of carboxylic acid groups (broad SMARTS) is 1. The molecule has 1 aromatic rings. The molecule has 4 nitrogen and oxygen atoms in total. The van der Waals surface area contributed by atoms with E-state index in [1.165, 1.54) is 11.8 Å². The highest BCUT2D eigenvalue weighted by molar-refractivity contribution is 7.98. The molecule has 0 saturated carbocycles. The molecule has 0 amide bonds. The van der Waals surface area contributed by atoms with Crippen LogP contribution in [0.5, 0.6) is 0 Å². The molecule has 0 aliphatic carbocycles. The minimum Gasteiger partial charge on any atom is -0.475 e. The van der Waals surface area contributed by atoms with Gasteiger partial charge in [0.05, 0.1) is 0 Å². The Balaban J connectivity index is 3.30. The fraction of sp³-hybridized carbons (Fsp3) is 0.375. The Kier molecular flexibility index (Phi) is 2.87. The van der Waals surface area contributed by atoms with Gasteiger partial charge in [0.25, 0.3) is 0 Å². The molecule has 0 aliphatic rings. The van der Waals surface area contributed by atoms with Gasteiger partial charge < -0.3 is 5.11 Å². The smallest absolute Gasteiger partial charge is 0.373 e. The van der Waals surface area contributed by atoms with Crippen molar-refractivity contribution in [2.24, 2.45) is 0 Å². The molecule has 1 N–H and O–H groups in total. The topological polar surface area (TPSA) is 63.1 Å². The lowest BCUT2D eigenvalue weighted by molar-refractivity contribution is 0.0682. The fourth-order valence-electron chi connectivity index (χ4n) is 0.897. The molecule has 0 radical (unpaired) electrons. The lowest BCUT2D eigenvalue weighted by Crippen LogP contribution is -2.07. The summed E-state index contributed by atoms with van der Waals surface area (Å²) in [4.78, 5) is 18.4. The van der Waals surface area contributed by atoms with Crippen LogP contribution >= 0.6 is 11.8 Å². The molecule has 5 heteroatoms. The third-order valence-electron chi connectivity index (χ3n) is 1.73. The molecule has 13 heavy (non-hydrogen) atoms. The standard InChI is InChI=1S/C8H10N2O2S/c1-4-5(2)9-6(8(11)12)10-7(4)13-3/h1-3H3,(H,11,12). The van der Waals surface area contributed by atoms with Crippen LogP contribution < -0.4 is 0 Å². The normalized spacial score (nSPS) is 10.1. The van der Waals surface area contributed by atoms with Gasteiger partial charge in [0.1, 0.15) is 5.03 Å². The third kappa shape index (κ3) is 1.98. The lowest BCUT2D eigenvalue weighted by Gasteiger charge is -2.05. The monoisotopic (exact) mass is 198 g/mol. The maximum atomic E-state index is 10.6. The van der Waals surface area contributed by atoms with Crippen molar-refractivity contribution in [1.29, 1.82) is 0 Å². The molecule has 0 unspecified atom stereocenters. The molecule has 0 fully saturated rings. The van der Waals surface area contributed by atoms with Crippen LogP contribution in [0.25, 0.3) is 0 Å². The number of carbonyl (C=O) groups is 1. The third-order valence-corrected chi connectivity index (χ3v) is 2.51. The summed E-state index contributed by atoms with van der Waals surface area (Å²) in [6.07, 6.45) is 1.86. The quantitative estimate of drug-likeness (QED) is 0.576. The van der Waals surface area contributed by atoms with Gasteiger partial charge in [-0.15, -0.1) is 11.8 Å². The summed E-state index contributed by atoms with van der Waals surface area (Å²) >= 11 is 1.43. The first-order valence-electron chi connectivity index (χ1n) is 3.68. The minimum absolute atomic E-state index is 0.132. The lowest BCUT2D eigenvalue weighted by atomic mass is 10.3. The van der Waals surface area contributed by atoms with E-state index in [1.54, 1.807) is 6.92 Å². The Labute approximate surface area is 80.4 Å². The zero-order valence-electron chi connectivity index (χ0n) is 7.66. The van der Waals surface area contributed by atoms with Crippen molar-refractivity contribution in [3.8, 4) is 0 Å². The van der Waals surface area contributed by atoms with Crippen molar-refractivity contribution in [2.45, 2.75) is 18.9 Å². The highest BCUT2D eigenvalue weighted by atomic mass is 32.2. The summed E-state index contributed by atoms with van der Waals surface area (Å²) in [5.74, 6) is -1.22. The summed E-state index contributed by atoms with van der Waals surface area (Å²) in [6.45, 7) is 3.66. The van der Waals surface area contributed by atoms with Gasteiger partial charge in [-0.25, -0.2) is 14.8 Å². The Bertz CT molecular complexity index is 352. The summed E-state index contributed by atoms with van der Waals surface area (Å²) in [5, 5.41) is 9.41. The molecule has 1 aromatic heterocycles. The van der Waals surface area contributed by atoms with Crippen LogP contribution in [0.2, 0.25) is 0 Å². The van der Waals surface area contributed by atoms with E-state index in [1.807, 2.05) is 13.2 Å². The SMILES string of the molecule is CSc1nc(C(=O)O)nc(C)c1C. The van der Waals surface area contributed by atoms with E-state index in [-0.39, 0.29) is 5.82 Å². The van der Waals surface area contributed by atoms with Gasteiger partial charge in [-0.1, -0.05) is 0 Å². The Morgan fingerprint density at radius 1 is 1.38 bits per heavy atom. The number of rotatable bonds is 2. The molecule has 0 atom stereocenters. The first-order chi connectivity index (χ1) is 6.06. The molecule has 70 valence electrons. The molecule has 1 rings (SSSR count). The van der Waals surface area contributed by atoms with Gasteiger partial charge in [-0.05, 0) is 20.1 Å². The predicted octanol–water partition coefficient (Wildman–Crippen LogP) is 1.51. The van der Waals surface area contributed by atoms with Gasteiger partial charge in [-0.3, -0.25) is 0 Å². The number of aromatic nitrogens is 2. The van der Waals surface area contributed by atoms with Crippen LogP contribution in [0.1, 0.15) is 21.9 Å². The van der Waals surface area contributed by atoms with Crippen LogP contribution in [0, 0.1) is 13.8 Å². The highest BCUT2D eigenvalue weighted by Crippen LogP contribution is 2.18. The summed E-state index contributed by atoms with van der Waals surface area (Å²) in [6, 6.07) is 0. The molecule has 0 aromatic carbocycles. The van der Waals surface area contributed by atoms with Crippen LogP contribution in [0.3, 0.4) is 0 Å². The predicted molar refractivity (Wildman–Crippen MR) is 50.2 cm³/mol. The van der Waals surface area contributed by atoms with E-state index in [0.29, 0.717) is 0 Å². The number of aromatic carboxylic acids is 1. The van der Waals surface area contributed by atoms with Gasteiger partial charge in [-0.2, -0.15) is 0 Å². The van der Waals surface area contributed by atoms with Crippen molar-refractivity contribution >= 4 is 17.7 Å². The zero-order chi connectivity index (χ0) is 10.0. The first kappa shape index (κ1) is 9.98. The molecule has 1 heterocycles. The average Bonchev–Trinajstić information content (AvgIpc) is 2.09. The average molecular weight is 198 g/mol. The van der Waals surface area contributed by atoms with Gasteiger partial charge in [0.15, 0.2) is 0 Å². The Morgan fingerprint density at radius 2 is 2.00 bits per heavy atom. The molecule has 0 bridgehead atoms. The largest absolute Gasteiger partial charge is 0.475 e. The van der Waals surface area contributed by atoms with E-state index in [4.69, 9.17) is 5.11 Å². The maximum Gasteiger partial charge on any atom is 0.373 e. The van der Waals surface area contributed by atoms with Gasteiger partial charge in [0, 0.05) is 11.3 Å². The van der Waals surface area contributed by atoms with Crippen LogP contribution in [0.4, 0.5) is 0 Å². The van der Waals surface area contributed by atoms with E-state index < -0.39 is 5.97 Å². The molecular formula is C8H10N2O2S. The second kappa shape index (κ2) is 3.74. The number of thioether (sulfide) groups is 1. The van der Waals surface area contributed by atoms with Crippen LogP contribution in [-0.2, 0) is 0 Å². The van der Waals surface area contributed by atoms with E-state index >= 15 is 0 Å². The molecular weight excluding hydrogens is 188 g/mol. The Hall–Kier alpha value is -1.10. The van der Waals surface area contributed by atoms with E-state index in [0.717, 1.165) is 16.3 Å². The van der Waals surface area contributed by atoms with Crippen molar-refractivity contribution in [1.82, 2.24) is 9.97 Å². The minimum atomic E-state index is -1.08. The van der Waals surface area contributed by atoms with Gasteiger partial charge in [0.2, 0.25) is 5.82 Å². The summed E-state index contributed by atoms with van der Waals surface area (Å²) < 4.78 is 0. The van der Waals surface area contributed by atoms with Crippen LogP contribution in [0.15, 0.2) is 5.03 Å². The second-order valence-corrected chi connectivity index (χ2v) is 3.37. The van der Waals surface area contributed by atoms with Crippen molar-refractivity contribution in [3.63, 3.8) is 0 Å².